The van der Waals surface area contributed by atoms with Gasteiger partial charge in [-0.1, -0.05) is 11.6 Å². The van der Waals surface area contributed by atoms with Gasteiger partial charge in [0.2, 0.25) is 0 Å². The van der Waals surface area contributed by atoms with Gasteiger partial charge in [-0.2, -0.15) is 0 Å². The molecule has 0 aliphatic heterocycles. The van der Waals surface area contributed by atoms with E-state index in [4.69, 9.17) is 16.7 Å². The van der Waals surface area contributed by atoms with E-state index in [1.54, 1.807) is 0 Å². The van der Waals surface area contributed by atoms with Crippen LogP contribution >= 0.6 is 27.5 Å². The lowest BCUT2D eigenvalue weighted by molar-refractivity contribution is 0.0696. The van der Waals surface area contributed by atoms with Crippen LogP contribution in [0.4, 0.5) is 5.69 Å². The molecule has 2 N–H and O–H groups in total. The zero-order valence-corrected chi connectivity index (χ0v) is 13.3. The predicted octanol–water partition coefficient (Wildman–Crippen LogP) is 2.39. The molecule has 0 spiro atoms. The minimum Gasteiger partial charge on any atom is -0.478 e. The number of halogens is 2. The van der Waals surface area contributed by atoms with Gasteiger partial charge in [0.25, 0.3) is 10.0 Å². The van der Waals surface area contributed by atoms with Crippen molar-refractivity contribution < 1.29 is 18.3 Å². The zero-order chi connectivity index (χ0) is 15.6. The predicted molar refractivity (Wildman–Crippen MR) is 79.0 cm³/mol. The minimum absolute atomic E-state index is 0.00550. The highest BCUT2D eigenvalue weighted by Crippen LogP contribution is 2.24. The number of sulfonamides is 1. The highest BCUT2D eigenvalue weighted by molar-refractivity contribution is 9.10. The summed E-state index contributed by atoms with van der Waals surface area (Å²) >= 11 is 8.87. The van der Waals surface area contributed by atoms with E-state index >= 15 is 0 Å². The highest BCUT2D eigenvalue weighted by Gasteiger charge is 2.20. The van der Waals surface area contributed by atoms with E-state index in [0.29, 0.717) is 4.47 Å². The normalized spacial score (nSPS) is 11.1. The second-order valence-corrected chi connectivity index (χ2v) is 6.74. The summed E-state index contributed by atoms with van der Waals surface area (Å²) < 4.78 is 27.1. The summed E-state index contributed by atoms with van der Waals surface area (Å²) in [5.41, 5.74) is -0.139. The van der Waals surface area contributed by atoms with Gasteiger partial charge in [-0.15, -0.1) is 0 Å². The molecule has 0 aliphatic carbocycles. The lowest BCUT2D eigenvalue weighted by Crippen LogP contribution is -2.14. The minimum atomic E-state index is -4.02. The number of carboxylic acid groups (broad SMARTS) is 1. The maximum atomic E-state index is 12.2. The Balaban J connectivity index is 2.40. The van der Waals surface area contributed by atoms with Crippen LogP contribution in [0.5, 0.6) is 0 Å². The monoisotopic (exact) mass is 391 g/mol. The molecule has 2 aromatic rings. The number of nitrogens with zero attached hydrogens (tertiary/aromatic N) is 2. The van der Waals surface area contributed by atoms with Crippen LogP contribution in [0.3, 0.4) is 0 Å². The first-order chi connectivity index (χ1) is 9.79. The molecule has 0 fully saturated rings. The molecular weight excluding hydrogens is 386 g/mol. The Morgan fingerprint density at radius 2 is 2.00 bits per heavy atom. The third-order valence-corrected chi connectivity index (χ3v) is 4.54. The summed E-state index contributed by atoms with van der Waals surface area (Å²) in [6.07, 6.45) is 3.64. The molecule has 0 atom stereocenters. The molecule has 0 unspecified atom stereocenters. The summed E-state index contributed by atoms with van der Waals surface area (Å²) in [7, 11) is -4.02. The van der Waals surface area contributed by atoms with Crippen molar-refractivity contribution in [3.05, 3.63) is 45.9 Å². The lowest BCUT2D eigenvalue weighted by Gasteiger charge is -2.09. The summed E-state index contributed by atoms with van der Waals surface area (Å²) in [5.74, 6) is -1.22. The number of pyridine rings is 2. The maximum Gasteiger partial charge on any atom is 0.337 e. The molecule has 2 aromatic heterocycles. The largest absolute Gasteiger partial charge is 0.478 e. The Kier molecular flexibility index (Phi) is 4.45. The SMILES string of the molecule is O=C(O)c1cncc(NS(=O)(=O)c2cc(Br)cnc2Cl)c1. The summed E-state index contributed by atoms with van der Waals surface area (Å²) in [5, 5.41) is 8.65. The van der Waals surface area contributed by atoms with Gasteiger partial charge >= 0.3 is 5.97 Å². The standard InChI is InChI=1S/C11H7BrClN3O4S/c12-7-2-9(10(13)15-4-7)21(19,20)16-8-1-6(11(17)18)3-14-5-8/h1-5,16H,(H,17,18). The highest BCUT2D eigenvalue weighted by atomic mass is 79.9. The first-order valence-electron chi connectivity index (χ1n) is 5.32. The van der Waals surface area contributed by atoms with Gasteiger partial charge < -0.3 is 5.11 Å². The second kappa shape index (κ2) is 5.96. The summed E-state index contributed by atoms with van der Waals surface area (Å²) in [6.45, 7) is 0. The van der Waals surface area contributed by atoms with Crippen molar-refractivity contribution >= 4 is 49.2 Å². The number of anilines is 1. The molecule has 0 aliphatic rings. The zero-order valence-electron chi connectivity index (χ0n) is 10.1. The van der Waals surface area contributed by atoms with Crippen LogP contribution in [0.1, 0.15) is 10.4 Å². The molecule has 2 heterocycles. The number of aromatic nitrogens is 2. The van der Waals surface area contributed by atoms with Crippen LogP contribution in [-0.4, -0.2) is 29.5 Å². The number of carboxylic acids is 1. The number of aromatic carboxylic acids is 1. The summed E-state index contributed by atoms with van der Waals surface area (Å²) in [4.78, 5) is 18.0. The molecule has 7 nitrogen and oxygen atoms in total. The Bertz CT molecular complexity index is 813. The fourth-order valence-corrected chi connectivity index (χ4v) is 3.39. The lowest BCUT2D eigenvalue weighted by atomic mass is 10.3. The van der Waals surface area contributed by atoms with E-state index in [0.717, 1.165) is 12.3 Å². The van der Waals surface area contributed by atoms with Crippen molar-refractivity contribution in [1.82, 2.24) is 9.97 Å². The molecule has 0 bridgehead atoms. The number of hydrogen-bond donors (Lipinski definition) is 2. The van der Waals surface area contributed by atoms with E-state index in [1.165, 1.54) is 18.5 Å². The molecule has 0 radical (unpaired) electrons. The van der Waals surface area contributed by atoms with E-state index in [9.17, 15) is 13.2 Å². The molecule has 10 heteroatoms. The smallest absolute Gasteiger partial charge is 0.337 e. The van der Waals surface area contributed by atoms with Crippen molar-refractivity contribution in [2.45, 2.75) is 4.90 Å². The van der Waals surface area contributed by atoms with Crippen LogP contribution in [0.15, 0.2) is 40.1 Å². The molecule has 2 rings (SSSR count). The Hall–Kier alpha value is -1.71. The fraction of sp³-hybridized carbons (Fsp3) is 0. The van der Waals surface area contributed by atoms with Crippen molar-refractivity contribution in [2.75, 3.05) is 4.72 Å². The molecule has 0 aromatic carbocycles. The van der Waals surface area contributed by atoms with Crippen LogP contribution in [0.2, 0.25) is 5.15 Å². The van der Waals surface area contributed by atoms with E-state index in [1.807, 2.05) is 0 Å². The number of nitrogens with one attached hydrogen (secondary N) is 1. The number of hydrogen-bond acceptors (Lipinski definition) is 5. The third kappa shape index (κ3) is 3.69. The van der Waals surface area contributed by atoms with Crippen molar-refractivity contribution in [1.29, 1.82) is 0 Å². The quantitative estimate of drug-likeness (QED) is 0.773. The first-order valence-corrected chi connectivity index (χ1v) is 7.97. The second-order valence-electron chi connectivity index (χ2n) is 3.82. The van der Waals surface area contributed by atoms with Gasteiger partial charge in [0.1, 0.15) is 10.0 Å². The summed E-state index contributed by atoms with van der Waals surface area (Å²) in [6, 6.07) is 2.43. The molecule has 0 amide bonds. The van der Waals surface area contributed by atoms with Crippen LogP contribution in [-0.2, 0) is 10.0 Å². The van der Waals surface area contributed by atoms with E-state index in [2.05, 4.69) is 30.6 Å². The molecule has 110 valence electrons. The van der Waals surface area contributed by atoms with Gasteiger partial charge in [0.05, 0.1) is 17.4 Å². The van der Waals surface area contributed by atoms with Crippen molar-refractivity contribution in [2.24, 2.45) is 0 Å². The van der Waals surface area contributed by atoms with Gasteiger partial charge in [-0.25, -0.2) is 18.2 Å². The van der Waals surface area contributed by atoms with Gasteiger partial charge in [0.15, 0.2) is 0 Å². The molecule has 0 saturated carbocycles. The van der Waals surface area contributed by atoms with Crippen LogP contribution in [0.25, 0.3) is 0 Å². The Morgan fingerprint density at radius 1 is 1.29 bits per heavy atom. The number of carbonyl (C=O) groups is 1. The average molecular weight is 393 g/mol. The maximum absolute atomic E-state index is 12.2. The Labute approximate surface area is 133 Å². The van der Waals surface area contributed by atoms with E-state index < -0.39 is 16.0 Å². The van der Waals surface area contributed by atoms with Crippen LogP contribution in [0, 0.1) is 0 Å². The Morgan fingerprint density at radius 3 is 2.67 bits per heavy atom. The molecular formula is C11H7BrClN3O4S. The van der Waals surface area contributed by atoms with Crippen LogP contribution < -0.4 is 4.72 Å². The average Bonchev–Trinajstić information content (AvgIpc) is 2.41. The topological polar surface area (TPSA) is 109 Å². The van der Waals surface area contributed by atoms with Crippen molar-refractivity contribution in [3.8, 4) is 0 Å². The molecule has 0 saturated heterocycles. The van der Waals surface area contributed by atoms with Gasteiger partial charge in [-0.3, -0.25) is 9.71 Å². The number of rotatable bonds is 4. The third-order valence-electron chi connectivity index (χ3n) is 2.30. The van der Waals surface area contributed by atoms with Gasteiger partial charge in [-0.05, 0) is 28.1 Å². The van der Waals surface area contributed by atoms with E-state index in [-0.39, 0.29) is 21.3 Å². The molecule has 21 heavy (non-hydrogen) atoms. The van der Waals surface area contributed by atoms with Crippen molar-refractivity contribution in [3.63, 3.8) is 0 Å². The van der Waals surface area contributed by atoms with Gasteiger partial charge in [0, 0.05) is 16.9 Å². The first kappa shape index (κ1) is 15.7. The fourth-order valence-electron chi connectivity index (χ4n) is 1.42.